The molecule has 0 fully saturated rings. The Hall–Kier alpha value is -1.34. The van der Waals surface area contributed by atoms with Gasteiger partial charge >= 0.3 is 5.49 Å². The van der Waals surface area contributed by atoms with Gasteiger partial charge in [-0.15, -0.1) is 0 Å². The van der Waals surface area contributed by atoms with Gasteiger partial charge in [0.05, 0.1) is 11.8 Å². The topological polar surface area (TPSA) is 52.2 Å². The smallest absolute Gasteiger partial charge is 0.359 e. The van der Waals surface area contributed by atoms with E-state index in [0.29, 0.717) is 5.49 Å². The monoisotopic (exact) mass is 121 g/mol. The molecule has 0 saturated heterocycles. The maximum absolute atomic E-state index is 8.31. The Morgan fingerprint density at radius 1 is 1.67 bits per heavy atom. The van der Waals surface area contributed by atoms with Crippen molar-refractivity contribution in [1.29, 1.82) is 0 Å². The minimum absolute atomic E-state index is 0.512. The fourth-order valence-electron chi connectivity index (χ4n) is 0.620. The molecule has 0 aromatic carbocycles. The summed E-state index contributed by atoms with van der Waals surface area (Å²) in [6, 6.07) is 3.72. The zero-order chi connectivity index (χ0) is 6.69. The average Bonchev–Trinajstić information content (AvgIpc) is 1.89. The molecule has 46 valence electrons. The molecule has 0 bridgehead atoms. The van der Waals surface area contributed by atoms with Crippen molar-refractivity contribution >= 4 is 0 Å². The number of aryl methyl sites for hydroxylation is 1. The Kier molecular flexibility index (Phi) is 1.47. The van der Waals surface area contributed by atoms with E-state index in [-0.39, 0.29) is 0 Å². The van der Waals surface area contributed by atoms with Gasteiger partial charge in [-0.25, -0.2) is 4.98 Å². The lowest BCUT2D eigenvalue weighted by atomic mass is 10.3. The number of nitrogens with zero attached hydrogens (tertiary/aromatic N) is 2. The van der Waals surface area contributed by atoms with Crippen molar-refractivity contribution in [2.75, 3.05) is 0 Å². The van der Waals surface area contributed by atoms with Crippen LogP contribution in [0.1, 0.15) is 5.56 Å². The van der Waals surface area contributed by atoms with Gasteiger partial charge in [-0.2, -0.15) is 0 Å². The maximum Gasteiger partial charge on any atom is 0.359 e. The number of H-pyrrole nitrogens is 1. The third-order valence-corrected chi connectivity index (χ3v) is 1.14. The van der Waals surface area contributed by atoms with E-state index in [4.69, 9.17) is 5.53 Å². The van der Waals surface area contributed by atoms with E-state index < -0.39 is 0 Å². The summed E-state index contributed by atoms with van der Waals surface area (Å²) in [6.45, 7) is 1.87. The molecule has 0 aliphatic heterocycles. The second-order valence-electron chi connectivity index (χ2n) is 1.80. The van der Waals surface area contributed by atoms with Crippen LogP contribution in [0.4, 0.5) is 0 Å². The van der Waals surface area contributed by atoms with Crippen LogP contribution < -0.4 is 5.49 Å². The van der Waals surface area contributed by atoms with Gasteiger partial charge in [0.1, 0.15) is 0 Å². The Morgan fingerprint density at radius 3 is 2.89 bits per heavy atom. The largest absolute Gasteiger partial charge is 0.497 e. The predicted octanol–water partition coefficient (Wildman–Crippen LogP) is 0.454. The van der Waals surface area contributed by atoms with Crippen LogP contribution in [-0.4, -0.2) is 9.77 Å². The minimum Gasteiger partial charge on any atom is -0.497 e. The van der Waals surface area contributed by atoms with Gasteiger partial charge in [-0.1, -0.05) is 0 Å². The lowest BCUT2D eigenvalue weighted by Crippen LogP contribution is -2.10. The van der Waals surface area contributed by atoms with E-state index in [9.17, 15) is 0 Å². The van der Waals surface area contributed by atoms with Crippen molar-refractivity contribution < 1.29 is 4.79 Å². The number of aromatic nitrogens is 1. The summed E-state index contributed by atoms with van der Waals surface area (Å²) in [7, 11) is 0. The summed E-state index contributed by atoms with van der Waals surface area (Å²) in [5.41, 5.74) is 9.75. The first-order valence-corrected chi connectivity index (χ1v) is 2.67. The highest BCUT2D eigenvalue weighted by Crippen LogP contribution is 1.80. The van der Waals surface area contributed by atoms with Crippen molar-refractivity contribution in [2.24, 2.45) is 0 Å². The van der Waals surface area contributed by atoms with Crippen LogP contribution in [0.3, 0.4) is 0 Å². The molecule has 0 unspecified atom stereocenters. The fourth-order valence-corrected chi connectivity index (χ4v) is 0.620. The van der Waals surface area contributed by atoms with E-state index >= 15 is 0 Å². The lowest BCUT2D eigenvalue weighted by molar-refractivity contribution is -0.0730. The van der Waals surface area contributed by atoms with Crippen LogP contribution in [0.5, 0.6) is 0 Å². The van der Waals surface area contributed by atoms with Gasteiger partial charge in [-0.3, -0.25) is 0 Å². The molecule has 3 heteroatoms. The highest BCUT2D eigenvalue weighted by Gasteiger charge is 1.89. The number of pyridine rings is 1. The third-order valence-electron chi connectivity index (χ3n) is 1.14. The lowest BCUT2D eigenvalue weighted by Gasteiger charge is -1.80. The molecule has 0 amide bonds. The zero-order valence-electron chi connectivity index (χ0n) is 5.13. The van der Waals surface area contributed by atoms with Gasteiger partial charge in [-0.05, 0) is 19.1 Å². The van der Waals surface area contributed by atoms with Crippen LogP contribution in [0, 0.1) is 6.92 Å². The first kappa shape index (κ1) is 5.79. The summed E-state index contributed by atoms with van der Waals surface area (Å²) < 4.78 is 0. The van der Waals surface area contributed by atoms with Crippen LogP contribution in [-0.2, 0) is 0 Å². The highest BCUT2D eigenvalue weighted by molar-refractivity contribution is 5.03. The number of hydrogen-bond acceptors (Lipinski definition) is 0. The molecule has 0 saturated carbocycles. The Labute approximate surface area is 52.6 Å². The number of nitrogens with one attached hydrogen (secondary N) is 1. The van der Waals surface area contributed by atoms with Crippen molar-refractivity contribution in [1.82, 2.24) is 4.98 Å². The molecule has 1 N–H and O–H groups in total. The first-order chi connectivity index (χ1) is 4.34. The van der Waals surface area contributed by atoms with E-state index in [1.54, 1.807) is 6.20 Å². The minimum atomic E-state index is 0.512. The van der Waals surface area contributed by atoms with E-state index in [0.717, 1.165) is 5.56 Å². The Morgan fingerprint density at radius 2 is 2.44 bits per heavy atom. The third kappa shape index (κ3) is 1.06. The SMILES string of the molecule is Cc1ccc[nH]c1=[N+]=[N-]. The number of aromatic amines is 1. The molecule has 0 atom stereocenters. The molecule has 1 aromatic heterocycles. The second-order valence-corrected chi connectivity index (χ2v) is 1.80. The molecule has 0 aliphatic rings. The van der Waals surface area contributed by atoms with Gasteiger partial charge in [0.2, 0.25) is 0 Å². The molecule has 1 heterocycles. The fraction of sp³-hybridized carbons (Fsp3) is 0.167. The van der Waals surface area contributed by atoms with Crippen molar-refractivity contribution in [3.8, 4) is 0 Å². The molecule has 0 radical (unpaired) electrons. The standard InChI is InChI=1S/C6H7N3/c1-5-3-2-4-8-6(5)9-7/h2-4,8H,1H3. The summed E-state index contributed by atoms with van der Waals surface area (Å²) in [5.74, 6) is 0. The Balaban J connectivity index is 3.52. The summed E-state index contributed by atoms with van der Waals surface area (Å²) in [6.07, 6.45) is 1.71. The number of hydrogen-bond donors (Lipinski definition) is 1. The van der Waals surface area contributed by atoms with Gasteiger partial charge in [0.25, 0.3) is 0 Å². The molecule has 0 aliphatic carbocycles. The van der Waals surface area contributed by atoms with Crippen molar-refractivity contribution in [3.05, 3.63) is 34.9 Å². The van der Waals surface area contributed by atoms with Gasteiger partial charge in [0.15, 0.2) is 0 Å². The van der Waals surface area contributed by atoms with Crippen molar-refractivity contribution in [2.45, 2.75) is 6.92 Å². The highest BCUT2D eigenvalue weighted by atomic mass is 14.9. The zero-order valence-corrected chi connectivity index (χ0v) is 5.13. The molecule has 0 spiro atoms. The molecule has 1 rings (SSSR count). The quantitative estimate of drug-likeness (QED) is 0.383. The average molecular weight is 121 g/mol. The van der Waals surface area contributed by atoms with Gasteiger partial charge < -0.3 is 10.3 Å². The van der Waals surface area contributed by atoms with Crippen LogP contribution in [0.15, 0.2) is 18.3 Å². The van der Waals surface area contributed by atoms with Crippen LogP contribution in [0.25, 0.3) is 5.53 Å². The van der Waals surface area contributed by atoms with E-state index in [1.165, 1.54) is 0 Å². The summed E-state index contributed by atoms with van der Waals surface area (Å²) >= 11 is 0. The Bertz CT molecular complexity index is 280. The molecular weight excluding hydrogens is 114 g/mol. The normalized spacial score (nSPS) is 8.56. The molecular formula is C6H7N3. The second kappa shape index (κ2) is 2.29. The predicted molar refractivity (Wildman–Crippen MR) is 32.3 cm³/mol. The maximum atomic E-state index is 8.31. The van der Waals surface area contributed by atoms with Gasteiger partial charge in [0, 0.05) is 0 Å². The number of rotatable bonds is 0. The van der Waals surface area contributed by atoms with E-state index in [1.807, 2.05) is 19.1 Å². The molecule has 9 heavy (non-hydrogen) atoms. The van der Waals surface area contributed by atoms with Crippen molar-refractivity contribution in [3.63, 3.8) is 0 Å². The van der Waals surface area contributed by atoms with Crippen LogP contribution in [0.2, 0.25) is 0 Å². The molecule has 3 nitrogen and oxygen atoms in total. The van der Waals surface area contributed by atoms with E-state index in [2.05, 4.69) is 9.77 Å². The summed E-state index contributed by atoms with van der Waals surface area (Å²) in [4.78, 5) is 5.78. The summed E-state index contributed by atoms with van der Waals surface area (Å²) in [5, 5.41) is 0. The molecule has 1 aromatic rings. The van der Waals surface area contributed by atoms with Crippen LogP contribution >= 0.6 is 0 Å². The first-order valence-electron chi connectivity index (χ1n) is 2.67.